The first-order chi connectivity index (χ1) is 7.30. The van der Waals surface area contributed by atoms with E-state index in [-0.39, 0.29) is 5.41 Å². The topological polar surface area (TPSA) is 33.0 Å². The number of nitriles is 1. The van der Waals surface area contributed by atoms with Crippen LogP contribution in [0.4, 0.5) is 0 Å². The van der Waals surface area contributed by atoms with Crippen molar-refractivity contribution in [3.05, 3.63) is 29.8 Å². The van der Waals surface area contributed by atoms with Crippen LogP contribution in [-0.2, 0) is 5.41 Å². The summed E-state index contributed by atoms with van der Waals surface area (Å²) in [5.41, 5.74) is 0.884. The summed E-state index contributed by atoms with van der Waals surface area (Å²) in [6, 6.07) is 10.4. The van der Waals surface area contributed by atoms with E-state index >= 15 is 0 Å². The minimum absolute atomic E-state index is 0.229. The van der Waals surface area contributed by atoms with E-state index in [1.54, 1.807) is 0 Å². The van der Waals surface area contributed by atoms with Gasteiger partial charge in [-0.1, -0.05) is 12.1 Å². The van der Waals surface area contributed by atoms with Gasteiger partial charge in [0.15, 0.2) is 0 Å². The zero-order chi connectivity index (χ0) is 10.7. The van der Waals surface area contributed by atoms with Gasteiger partial charge < -0.3 is 4.74 Å². The Morgan fingerprint density at radius 1 is 1.47 bits per heavy atom. The number of nitrogens with zero attached hydrogens (tertiary/aromatic N) is 1. The number of benzene rings is 1. The smallest absolute Gasteiger partial charge is 0.119 e. The van der Waals surface area contributed by atoms with Crippen LogP contribution in [0.15, 0.2) is 24.3 Å². The Labute approximate surface area is 90.5 Å². The average Bonchev–Trinajstić information content (AvgIpc) is 2.18. The second-order valence-corrected chi connectivity index (χ2v) is 4.01. The molecule has 0 N–H and O–H groups in total. The minimum Gasteiger partial charge on any atom is -0.494 e. The highest BCUT2D eigenvalue weighted by atomic mass is 16.5. The van der Waals surface area contributed by atoms with E-state index in [0.717, 1.165) is 30.6 Å². The first-order valence-corrected chi connectivity index (χ1v) is 5.45. The lowest BCUT2D eigenvalue weighted by Crippen LogP contribution is -2.32. The fourth-order valence-corrected chi connectivity index (χ4v) is 2.05. The molecule has 0 spiro atoms. The molecule has 0 heterocycles. The quantitative estimate of drug-likeness (QED) is 0.753. The molecule has 0 atom stereocenters. The Bertz CT molecular complexity index is 388. The lowest BCUT2D eigenvalue weighted by molar-refractivity contribution is 0.316. The summed E-state index contributed by atoms with van der Waals surface area (Å²) < 4.78 is 5.45. The number of hydrogen-bond acceptors (Lipinski definition) is 2. The molecule has 1 aromatic carbocycles. The predicted octanol–water partition coefficient (Wildman–Crippen LogP) is 3.03. The van der Waals surface area contributed by atoms with Gasteiger partial charge in [0.2, 0.25) is 0 Å². The standard InChI is InChI=1S/C13H15NO/c1-2-15-12-6-3-5-11(9-12)13(10-14)7-4-8-13/h3,5-6,9H,2,4,7-8H2,1H3. The summed E-state index contributed by atoms with van der Waals surface area (Å²) in [5.74, 6) is 0.872. The zero-order valence-corrected chi connectivity index (χ0v) is 8.99. The SMILES string of the molecule is CCOc1cccc(C2(C#N)CCC2)c1. The van der Waals surface area contributed by atoms with Crippen molar-refractivity contribution in [2.24, 2.45) is 0 Å². The minimum atomic E-state index is -0.229. The summed E-state index contributed by atoms with van der Waals surface area (Å²) in [4.78, 5) is 0. The first kappa shape index (κ1) is 10.0. The average molecular weight is 201 g/mol. The van der Waals surface area contributed by atoms with E-state index in [0.29, 0.717) is 6.61 Å². The molecule has 0 bridgehead atoms. The van der Waals surface area contributed by atoms with E-state index in [2.05, 4.69) is 6.07 Å². The van der Waals surface area contributed by atoms with Gasteiger partial charge in [-0.25, -0.2) is 0 Å². The van der Waals surface area contributed by atoms with Crippen molar-refractivity contribution in [3.8, 4) is 11.8 Å². The van der Waals surface area contributed by atoms with E-state index < -0.39 is 0 Å². The van der Waals surface area contributed by atoms with Gasteiger partial charge in [-0.05, 0) is 43.9 Å². The molecule has 1 saturated carbocycles. The summed E-state index contributed by atoms with van der Waals surface area (Å²) in [5, 5.41) is 9.22. The Balaban J connectivity index is 2.28. The third-order valence-electron chi connectivity index (χ3n) is 3.12. The van der Waals surface area contributed by atoms with Crippen molar-refractivity contribution in [1.82, 2.24) is 0 Å². The van der Waals surface area contributed by atoms with E-state index in [4.69, 9.17) is 4.74 Å². The Morgan fingerprint density at radius 2 is 2.27 bits per heavy atom. The second kappa shape index (κ2) is 3.94. The monoisotopic (exact) mass is 201 g/mol. The molecule has 0 amide bonds. The van der Waals surface area contributed by atoms with Crippen LogP contribution in [0.2, 0.25) is 0 Å². The molecular weight excluding hydrogens is 186 g/mol. The highest BCUT2D eigenvalue weighted by Crippen LogP contribution is 2.43. The number of hydrogen-bond donors (Lipinski definition) is 0. The van der Waals surface area contributed by atoms with Crippen LogP contribution in [0, 0.1) is 11.3 Å². The van der Waals surface area contributed by atoms with Crippen LogP contribution in [0.25, 0.3) is 0 Å². The van der Waals surface area contributed by atoms with Crippen molar-refractivity contribution in [3.63, 3.8) is 0 Å². The molecule has 0 unspecified atom stereocenters. The van der Waals surface area contributed by atoms with Crippen LogP contribution < -0.4 is 4.74 Å². The molecule has 2 heteroatoms. The molecule has 0 radical (unpaired) electrons. The maximum atomic E-state index is 9.22. The van der Waals surface area contributed by atoms with E-state index in [1.165, 1.54) is 0 Å². The molecule has 1 aliphatic carbocycles. The summed E-state index contributed by atoms with van der Waals surface area (Å²) in [7, 11) is 0. The van der Waals surface area contributed by atoms with Gasteiger partial charge in [-0.15, -0.1) is 0 Å². The van der Waals surface area contributed by atoms with Gasteiger partial charge in [-0.2, -0.15) is 5.26 Å². The van der Waals surface area contributed by atoms with Gasteiger partial charge in [0.05, 0.1) is 18.1 Å². The number of rotatable bonds is 3. The first-order valence-electron chi connectivity index (χ1n) is 5.45. The van der Waals surface area contributed by atoms with Crippen molar-refractivity contribution >= 4 is 0 Å². The summed E-state index contributed by atoms with van der Waals surface area (Å²) in [6.07, 6.45) is 3.13. The lowest BCUT2D eigenvalue weighted by atomic mass is 9.65. The van der Waals surface area contributed by atoms with Gasteiger partial charge in [0, 0.05) is 0 Å². The molecule has 2 rings (SSSR count). The third-order valence-corrected chi connectivity index (χ3v) is 3.12. The molecule has 15 heavy (non-hydrogen) atoms. The maximum Gasteiger partial charge on any atom is 0.119 e. The largest absolute Gasteiger partial charge is 0.494 e. The van der Waals surface area contributed by atoms with Crippen molar-refractivity contribution in [2.75, 3.05) is 6.61 Å². The molecule has 0 aromatic heterocycles. The fraction of sp³-hybridized carbons (Fsp3) is 0.462. The van der Waals surface area contributed by atoms with Crippen LogP contribution in [0.5, 0.6) is 5.75 Å². The zero-order valence-electron chi connectivity index (χ0n) is 8.99. The van der Waals surface area contributed by atoms with Gasteiger partial charge in [-0.3, -0.25) is 0 Å². The molecule has 78 valence electrons. The Hall–Kier alpha value is -1.49. The van der Waals surface area contributed by atoms with Crippen LogP contribution >= 0.6 is 0 Å². The number of ether oxygens (including phenoxy) is 1. The van der Waals surface area contributed by atoms with E-state index in [9.17, 15) is 5.26 Å². The molecule has 2 nitrogen and oxygen atoms in total. The lowest BCUT2D eigenvalue weighted by Gasteiger charge is -2.35. The van der Waals surface area contributed by atoms with Gasteiger partial charge >= 0.3 is 0 Å². The maximum absolute atomic E-state index is 9.22. The summed E-state index contributed by atoms with van der Waals surface area (Å²) >= 11 is 0. The van der Waals surface area contributed by atoms with Crippen LogP contribution in [0.1, 0.15) is 31.7 Å². The highest BCUT2D eigenvalue weighted by Gasteiger charge is 2.39. The van der Waals surface area contributed by atoms with Crippen molar-refractivity contribution in [2.45, 2.75) is 31.6 Å². The van der Waals surface area contributed by atoms with Crippen LogP contribution in [0.3, 0.4) is 0 Å². The van der Waals surface area contributed by atoms with E-state index in [1.807, 2.05) is 31.2 Å². The van der Waals surface area contributed by atoms with Crippen molar-refractivity contribution in [1.29, 1.82) is 5.26 Å². The van der Waals surface area contributed by atoms with Gasteiger partial charge in [0.25, 0.3) is 0 Å². The van der Waals surface area contributed by atoms with Gasteiger partial charge in [0.1, 0.15) is 5.75 Å². The molecule has 0 aliphatic heterocycles. The molecule has 1 fully saturated rings. The third kappa shape index (κ3) is 1.70. The predicted molar refractivity (Wildman–Crippen MR) is 58.8 cm³/mol. The normalized spacial score (nSPS) is 17.6. The molecule has 1 aromatic rings. The molecular formula is C13H15NO. The Morgan fingerprint density at radius 3 is 2.80 bits per heavy atom. The molecule has 1 aliphatic rings. The Kier molecular flexibility index (Phi) is 2.64. The fourth-order valence-electron chi connectivity index (χ4n) is 2.05. The summed E-state index contributed by atoms with van der Waals surface area (Å²) in [6.45, 7) is 2.64. The van der Waals surface area contributed by atoms with Crippen molar-refractivity contribution < 1.29 is 4.74 Å². The van der Waals surface area contributed by atoms with Crippen LogP contribution in [-0.4, -0.2) is 6.61 Å². The molecule has 0 saturated heterocycles. The second-order valence-electron chi connectivity index (χ2n) is 4.01. The highest BCUT2D eigenvalue weighted by molar-refractivity contribution is 5.39.